The van der Waals surface area contributed by atoms with Crippen molar-refractivity contribution in [3.8, 4) is 5.75 Å². The number of ether oxygens (including phenoxy) is 1. The van der Waals surface area contributed by atoms with Crippen molar-refractivity contribution >= 4 is 11.6 Å². The summed E-state index contributed by atoms with van der Waals surface area (Å²) in [4.78, 5) is 4.00. The molecule has 0 bridgehead atoms. The molecule has 19 heavy (non-hydrogen) atoms. The van der Waals surface area contributed by atoms with Crippen LogP contribution in [0, 0.1) is 0 Å². The number of rotatable bonds is 4. The fraction of sp³-hybridized carbons (Fsp3) is 0.267. The number of hydrogen-bond donors (Lipinski definition) is 1. The molecule has 0 saturated heterocycles. The first-order chi connectivity index (χ1) is 8.99. The molecule has 0 aliphatic carbocycles. The summed E-state index contributed by atoms with van der Waals surface area (Å²) in [5.41, 5.74) is -0.0434. The normalized spacial score (nSPS) is 13.1. The average Bonchev–Trinajstić information content (AvgIpc) is 2.41. The summed E-state index contributed by atoms with van der Waals surface area (Å²) in [5, 5.41) is 11.0. The lowest BCUT2D eigenvalue weighted by molar-refractivity contribution is -0.0303. The van der Waals surface area contributed by atoms with Gasteiger partial charge in [-0.25, -0.2) is 0 Å². The van der Waals surface area contributed by atoms with Crippen LogP contribution in [0.15, 0.2) is 48.8 Å². The Labute approximate surface area is 117 Å². The molecule has 1 aromatic carbocycles. The van der Waals surface area contributed by atoms with Gasteiger partial charge >= 0.3 is 0 Å². The Morgan fingerprint density at radius 1 is 1.21 bits per heavy atom. The molecule has 0 radical (unpaired) electrons. The van der Waals surface area contributed by atoms with Crippen LogP contribution in [0.3, 0.4) is 0 Å². The summed E-state index contributed by atoms with van der Waals surface area (Å²) in [7, 11) is 0. The monoisotopic (exact) mass is 277 g/mol. The van der Waals surface area contributed by atoms with Crippen molar-refractivity contribution in [2.24, 2.45) is 0 Å². The minimum Gasteiger partial charge on any atom is -0.485 e. The Morgan fingerprint density at radius 3 is 2.47 bits per heavy atom. The molecule has 0 amide bonds. The maximum absolute atomic E-state index is 10.4. The topological polar surface area (TPSA) is 42.4 Å². The molecule has 1 atom stereocenters. The molecule has 1 unspecified atom stereocenters. The third-order valence-electron chi connectivity index (χ3n) is 2.85. The van der Waals surface area contributed by atoms with Gasteiger partial charge in [0.05, 0.1) is 0 Å². The molecule has 3 nitrogen and oxygen atoms in total. The fourth-order valence-electron chi connectivity index (χ4n) is 1.80. The van der Waals surface area contributed by atoms with Crippen LogP contribution >= 0.6 is 11.6 Å². The van der Waals surface area contributed by atoms with Gasteiger partial charge < -0.3 is 9.84 Å². The van der Waals surface area contributed by atoms with Crippen LogP contribution in [0.1, 0.15) is 25.5 Å². The van der Waals surface area contributed by atoms with E-state index >= 15 is 0 Å². The molecule has 0 saturated carbocycles. The van der Waals surface area contributed by atoms with Gasteiger partial charge in [-0.05, 0) is 44.2 Å². The van der Waals surface area contributed by atoms with Gasteiger partial charge in [0.2, 0.25) is 0 Å². The zero-order chi connectivity index (χ0) is 13.9. The molecule has 2 rings (SSSR count). The summed E-state index contributed by atoms with van der Waals surface area (Å²) in [5.74, 6) is 0.664. The van der Waals surface area contributed by atoms with Gasteiger partial charge in [0.15, 0.2) is 0 Å². The summed E-state index contributed by atoms with van der Waals surface area (Å²) in [6.45, 7) is 3.67. The number of pyridine rings is 1. The molecule has 0 spiro atoms. The molecule has 1 N–H and O–H groups in total. The molecular formula is C15H16ClNO2. The fourth-order valence-corrected chi connectivity index (χ4v) is 1.93. The highest BCUT2D eigenvalue weighted by Gasteiger charge is 2.31. The van der Waals surface area contributed by atoms with E-state index < -0.39 is 11.7 Å². The van der Waals surface area contributed by atoms with Crippen LogP contribution in [0.4, 0.5) is 0 Å². The summed E-state index contributed by atoms with van der Waals surface area (Å²) in [6, 6.07) is 10.7. The lowest BCUT2D eigenvalue weighted by Gasteiger charge is -2.31. The first-order valence-electron chi connectivity index (χ1n) is 6.01. The van der Waals surface area contributed by atoms with Crippen molar-refractivity contribution < 1.29 is 9.84 Å². The summed E-state index contributed by atoms with van der Waals surface area (Å²) in [6.07, 6.45) is 2.54. The third-order valence-corrected chi connectivity index (χ3v) is 3.11. The van der Waals surface area contributed by atoms with Crippen molar-refractivity contribution in [3.05, 3.63) is 59.4 Å². The Morgan fingerprint density at radius 2 is 1.89 bits per heavy atom. The van der Waals surface area contributed by atoms with Gasteiger partial charge in [0.1, 0.15) is 17.5 Å². The van der Waals surface area contributed by atoms with E-state index in [1.807, 2.05) is 19.9 Å². The lowest BCUT2D eigenvalue weighted by Crippen LogP contribution is -2.36. The van der Waals surface area contributed by atoms with E-state index in [2.05, 4.69) is 4.98 Å². The molecule has 4 heteroatoms. The first-order valence-corrected chi connectivity index (χ1v) is 6.39. The summed E-state index contributed by atoms with van der Waals surface area (Å²) >= 11 is 5.83. The van der Waals surface area contributed by atoms with Crippen LogP contribution < -0.4 is 4.74 Å². The standard InChI is InChI=1S/C15H16ClNO2/c1-15(2,14(18)11-4-3-9-17-10-11)19-13-7-5-12(16)6-8-13/h3-10,14,18H,1-2H3. The Kier molecular flexibility index (Phi) is 4.08. The van der Waals surface area contributed by atoms with E-state index in [9.17, 15) is 5.11 Å². The second-order valence-electron chi connectivity index (χ2n) is 4.85. The maximum atomic E-state index is 10.4. The number of aliphatic hydroxyl groups excluding tert-OH is 1. The molecule has 1 heterocycles. The SMILES string of the molecule is CC(C)(Oc1ccc(Cl)cc1)C(O)c1cccnc1. The van der Waals surface area contributed by atoms with E-state index in [1.165, 1.54) is 0 Å². The van der Waals surface area contributed by atoms with Gasteiger partial charge in [0, 0.05) is 23.0 Å². The number of benzene rings is 1. The number of nitrogens with zero attached hydrogens (tertiary/aromatic N) is 1. The van der Waals surface area contributed by atoms with Crippen molar-refractivity contribution in [3.63, 3.8) is 0 Å². The zero-order valence-corrected chi connectivity index (χ0v) is 11.6. The largest absolute Gasteiger partial charge is 0.485 e. The second kappa shape index (κ2) is 5.59. The van der Waals surface area contributed by atoms with E-state index in [4.69, 9.17) is 16.3 Å². The maximum Gasteiger partial charge on any atom is 0.133 e. The molecule has 2 aromatic rings. The number of aromatic nitrogens is 1. The Bertz CT molecular complexity index is 526. The van der Waals surface area contributed by atoms with Crippen molar-refractivity contribution in [1.82, 2.24) is 4.98 Å². The molecule has 0 fully saturated rings. The minimum absolute atomic E-state index is 0.651. The Balaban J connectivity index is 2.15. The number of hydrogen-bond acceptors (Lipinski definition) is 3. The predicted molar refractivity (Wildman–Crippen MR) is 75.4 cm³/mol. The highest BCUT2D eigenvalue weighted by atomic mass is 35.5. The van der Waals surface area contributed by atoms with E-state index in [-0.39, 0.29) is 0 Å². The third kappa shape index (κ3) is 3.46. The van der Waals surface area contributed by atoms with Crippen molar-refractivity contribution in [2.45, 2.75) is 25.6 Å². The number of halogens is 1. The van der Waals surface area contributed by atoms with Crippen LogP contribution in [-0.4, -0.2) is 15.7 Å². The van der Waals surface area contributed by atoms with Crippen LogP contribution in [0.25, 0.3) is 0 Å². The molecule has 0 aliphatic heterocycles. The van der Waals surface area contributed by atoms with E-state index in [1.54, 1.807) is 42.7 Å². The van der Waals surface area contributed by atoms with Gasteiger partial charge in [-0.15, -0.1) is 0 Å². The molecule has 1 aromatic heterocycles. The second-order valence-corrected chi connectivity index (χ2v) is 5.28. The smallest absolute Gasteiger partial charge is 0.133 e. The minimum atomic E-state index is -0.767. The first kappa shape index (κ1) is 13.8. The molecular weight excluding hydrogens is 262 g/mol. The van der Waals surface area contributed by atoms with E-state index in [0.717, 1.165) is 5.56 Å². The molecule has 100 valence electrons. The Hall–Kier alpha value is -1.58. The highest BCUT2D eigenvalue weighted by Crippen LogP contribution is 2.30. The van der Waals surface area contributed by atoms with Crippen LogP contribution in [0.5, 0.6) is 5.75 Å². The quantitative estimate of drug-likeness (QED) is 0.928. The van der Waals surface area contributed by atoms with Crippen molar-refractivity contribution in [1.29, 1.82) is 0 Å². The van der Waals surface area contributed by atoms with Gasteiger partial charge in [-0.1, -0.05) is 17.7 Å². The average molecular weight is 278 g/mol. The molecule has 0 aliphatic rings. The predicted octanol–water partition coefficient (Wildman–Crippen LogP) is 3.63. The highest BCUT2D eigenvalue weighted by molar-refractivity contribution is 6.30. The van der Waals surface area contributed by atoms with E-state index in [0.29, 0.717) is 10.8 Å². The van der Waals surface area contributed by atoms with Crippen LogP contribution in [-0.2, 0) is 0 Å². The summed E-state index contributed by atoms with van der Waals surface area (Å²) < 4.78 is 5.84. The number of aliphatic hydroxyl groups is 1. The van der Waals surface area contributed by atoms with Gasteiger partial charge in [-0.3, -0.25) is 4.98 Å². The van der Waals surface area contributed by atoms with Gasteiger partial charge in [0.25, 0.3) is 0 Å². The van der Waals surface area contributed by atoms with Crippen molar-refractivity contribution in [2.75, 3.05) is 0 Å². The van der Waals surface area contributed by atoms with Gasteiger partial charge in [-0.2, -0.15) is 0 Å². The van der Waals surface area contributed by atoms with Crippen LogP contribution in [0.2, 0.25) is 5.02 Å². The lowest BCUT2D eigenvalue weighted by atomic mass is 9.95. The zero-order valence-electron chi connectivity index (χ0n) is 10.9.